The van der Waals surface area contributed by atoms with E-state index in [9.17, 15) is 0 Å². The molecule has 0 amide bonds. The summed E-state index contributed by atoms with van der Waals surface area (Å²) in [4.78, 5) is 4.16. The molecule has 2 unspecified atom stereocenters. The van der Waals surface area contributed by atoms with Crippen LogP contribution < -0.4 is 0 Å². The van der Waals surface area contributed by atoms with Gasteiger partial charge in [-0.05, 0) is 18.3 Å². The fourth-order valence-corrected chi connectivity index (χ4v) is 1.34. The number of hydrogen-bond acceptors (Lipinski definition) is 1. The first-order valence-corrected chi connectivity index (χ1v) is 4.40. The van der Waals surface area contributed by atoms with E-state index in [0.29, 0.717) is 5.92 Å². The zero-order chi connectivity index (χ0) is 8.27. The summed E-state index contributed by atoms with van der Waals surface area (Å²) in [7, 11) is 0. The Morgan fingerprint density at radius 3 is 2.55 bits per heavy atom. The van der Waals surface area contributed by atoms with Gasteiger partial charge in [0, 0.05) is 18.3 Å². The van der Waals surface area contributed by atoms with E-state index in [2.05, 4.69) is 38.1 Å². The Morgan fingerprint density at radius 2 is 2.09 bits per heavy atom. The fourth-order valence-electron chi connectivity index (χ4n) is 1.34. The zero-order valence-corrected chi connectivity index (χ0v) is 7.62. The maximum absolute atomic E-state index is 4.16. The van der Waals surface area contributed by atoms with Crippen LogP contribution in [0.1, 0.15) is 27.2 Å². The lowest BCUT2D eigenvalue weighted by atomic mass is 9.83. The molecule has 1 aliphatic heterocycles. The van der Waals surface area contributed by atoms with Crippen molar-refractivity contribution in [3.8, 4) is 0 Å². The van der Waals surface area contributed by atoms with Crippen LogP contribution >= 0.6 is 0 Å². The number of aliphatic imine (C=N–C) groups is 1. The van der Waals surface area contributed by atoms with Crippen molar-refractivity contribution in [1.82, 2.24) is 0 Å². The molecule has 1 rings (SSSR count). The van der Waals surface area contributed by atoms with E-state index < -0.39 is 0 Å². The first-order valence-electron chi connectivity index (χ1n) is 4.40. The normalized spacial score (nSPS) is 26.0. The molecule has 1 heteroatoms. The Bertz CT molecular complexity index is 168. The molecule has 0 aliphatic carbocycles. The van der Waals surface area contributed by atoms with Crippen molar-refractivity contribution in [3.63, 3.8) is 0 Å². The molecule has 11 heavy (non-hydrogen) atoms. The Kier molecular flexibility index (Phi) is 2.86. The number of hydrogen-bond donors (Lipinski definition) is 0. The van der Waals surface area contributed by atoms with Crippen LogP contribution in [0.3, 0.4) is 0 Å². The van der Waals surface area contributed by atoms with Gasteiger partial charge in [0.1, 0.15) is 0 Å². The summed E-state index contributed by atoms with van der Waals surface area (Å²) in [5.74, 6) is 2.18. The highest BCUT2D eigenvalue weighted by molar-refractivity contribution is 5.63. The third kappa shape index (κ3) is 2.18. The highest BCUT2D eigenvalue weighted by atomic mass is 14.7. The SMILES string of the molecule is CC(C)C(C)C1C=NC=CC1. The Hall–Kier alpha value is -0.590. The Morgan fingerprint density at radius 1 is 1.36 bits per heavy atom. The average molecular weight is 151 g/mol. The van der Waals surface area contributed by atoms with Crippen LogP contribution in [0.4, 0.5) is 0 Å². The second kappa shape index (κ2) is 3.70. The van der Waals surface area contributed by atoms with Crippen molar-refractivity contribution in [2.45, 2.75) is 27.2 Å². The summed E-state index contributed by atoms with van der Waals surface area (Å²) in [6.45, 7) is 6.86. The quantitative estimate of drug-likeness (QED) is 0.575. The minimum Gasteiger partial charge on any atom is -0.269 e. The van der Waals surface area contributed by atoms with Crippen molar-refractivity contribution in [3.05, 3.63) is 12.3 Å². The van der Waals surface area contributed by atoms with Crippen molar-refractivity contribution in [1.29, 1.82) is 0 Å². The van der Waals surface area contributed by atoms with Gasteiger partial charge in [0.2, 0.25) is 0 Å². The molecule has 0 N–H and O–H groups in total. The molecule has 1 nitrogen and oxygen atoms in total. The molecular formula is C10H17N. The molecule has 62 valence electrons. The van der Waals surface area contributed by atoms with E-state index in [1.165, 1.54) is 6.42 Å². The Labute approximate surface area is 69.2 Å². The molecule has 1 heterocycles. The number of allylic oxidation sites excluding steroid dienone is 1. The predicted octanol–water partition coefficient (Wildman–Crippen LogP) is 2.88. The van der Waals surface area contributed by atoms with Crippen LogP contribution in [0.5, 0.6) is 0 Å². The van der Waals surface area contributed by atoms with Crippen LogP contribution in [-0.4, -0.2) is 6.21 Å². The summed E-state index contributed by atoms with van der Waals surface area (Å²) < 4.78 is 0. The van der Waals surface area contributed by atoms with Gasteiger partial charge in [-0.25, -0.2) is 0 Å². The van der Waals surface area contributed by atoms with Gasteiger partial charge in [-0.3, -0.25) is 4.99 Å². The van der Waals surface area contributed by atoms with Crippen LogP contribution in [0, 0.1) is 17.8 Å². The van der Waals surface area contributed by atoms with Gasteiger partial charge in [0.05, 0.1) is 0 Å². The number of nitrogens with zero attached hydrogens (tertiary/aromatic N) is 1. The van der Waals surface area contributed by atoms with E-state index >= 15 is 0 Å². The second-order valence-corrected chi connectivity index (χ2v) is 3.69. The maximum Gasteiger partial charge on any atom is 0.0224 e. The van der Waals surface area contributed by atoms with Crippen LogP contribution in [0.2, 0.25) is 0 Å². The van der Waals surface area contributed by atoms with Crippen molar-refractivity contribution in [2.24, 2.45) is 22.7 Å². The zero-order valence-electron chi connectivity index (χ0n) is 7.62. The fraction of sp³-hybridized carbons (Fsp3) is 0.700. The van der Waals surface area contributed by atoms with Crippen LogP contribution in [0.15, 0.2) is 17.3 Å². The second-order valence-electron chi connectivity index (χ2n) is 3.69. The molecule has 0 aromatic heterocycles. The van der Waals surface area contributed by atoms with Crippen LogP contribution in [0.25, 0.3) is 0 Å². The standard InChI is InChI=1S/C10H17N/c1-8(2)9(3)10-5-4-6-11-7-10/h4,6-10H,5H2,1-3H3. The summed E-state index contributed by atoms with van der Waals surface area (Å²) in [5, 5.41) is 0. The minimum atomic E-state index is 0.667. The molecule has 0 fully saturated rings. The van der Waals surface area contributed by atoms with E-state index in [0.717, 1.165) is 11.8 Å². The van der Waals surface area contributed by atoms with Crippen molar-refractivity contribution in [2.75, 3.05) is 0 Å². The molecule has 2 atom stereocenters. The smallest absolute Gasteiger partial charge is 0.0224 e. The summed E-state index contributed by atoms with van der Waals surface area (Å²) in [5.41, 5.74) is 0. The third-order valence-electron chi connectivity index (χ3n) is 2.60. The van der Waals surface area contributed by atoms with E-state index in [1.54, 1.807) is 0 Å². The Balaban J connectivity index is 2.48. The van der Waals surface area contributed by atoms with Crippen LogP contribution in [-0.2, 0) is 0 Å². The molecule has 0 saturated carbocycles. The minimum absolute atomic E-state index is 0.667. The van der Waals surface area contributed by atoms with E-state index in [4.69, 9.17) is 0 Å². The third-order valence-corrected chi connectivity index (χ3v) is 2.60. The molecule has 0 radical (unpaired) electrons. The monoisotopic (exact) mass is 151 g/mol. The molecule has 0 spiro atoms. The first-order chi connectivity index (χ1) is 5.22. The van der Waals surface area contributed by atoms with Gasteiger partial charge in [0.25, 0.3) is 0 Å². The summed E-state index contributed by atoms with van der Waals surface area (Å²) in [6.07, 6.45) is 7.31. The average Bonchev–Trinajstić information content (AvgIpc) is 2.05. The molecule has 0 aromatic rings. The van der Waals surface area contributed by atoms with E-state index in [1.807, 2.05) is 6.20 Å². The lowest BCUT2D eigenvalue weighted by Gasteiger charge is -2.23. The van der Waals surface area contributed by atoms with Gasteiger partial charge in [-0.2, -0.15) is 0 Å². The molecule has 0 aromatic carbocycles. The van der Waals surface area contributed by atoms with Gasteiger partial charge < -0.3 is 0 Å². The summed E-state index contributed by atoms with van der Waals surface area (Å²) in [6, 6.07) is 0. The molecule has 0 bridgehead atoms. The van der Waals surface area contributed by atoms with Crippen molar-refractivity contribution < 1.29 is 0 Å². The van der Waals surface area contributed by atoms with E-state index in [-0.39, 0.29) is 0 Å². The maximum atomic E-state index is 4.16. The van der Waals surface area contributed by atoms with Gasteiger partial charge >= 0.3 is 0 Å². The predicted molar refractivity (Wildman–Crippen MR) is 49.7 cm³/mol. The highest BCUT2D eigenvalue weighted by Crippen LogP contribution is 2.23. The lowest BCUT2D eigenvalue weighted by Crippen LogP contribution is -2.18. The van der Waals surface area contributed by atoms with Crippen molar-refractivity contribution >= 4 is 6.21 Å². The topological polar surface area (TPSA) is 12.4 Å². The summed E-state index contributed by atoms with van der Waals surface area (Å²) >= 11 is 0. The molecule has 0 saturated heterocycles. The molecule has 1 aliphatic rings. The van der Waals surface area contributed by atoms with Gasteiger partial charge in [-0.15, -0.1) is 0 Å². The molecular weight excluding hydrogens is 134 g/mol. The number of rotatable bonds is 2. The first kappa shape index (κ1) is 8.51. The lowest BCUT2D eigenvalue weighted by molar-refractivity contribution is 0.345. The van der Waals surface area contributed by atoms with Gasteiger partial charge in [-0.1, -0.05) is 26.8 Å². The largest absolute Gasteiger partial charge is 0.269 e. The van der Waals surface area contributed by atoms with Gasteiger partial charge in [0.15, 0.2) is 0 Å². The highest BCUT2D eigenvalue weighted by Gasteiger charge is 2.17.